The van der Waals surface area contributed by atoms with Crippen molar-refractivity contribution in [2.24, 2.45) is 10.9 Å². The highest BCUT2D eigenvalue weighted by Crippen LogP contribution is 2.24. The Morgan fingerprint density at radius 3 is 2.68 bits per heavy atom. The summed E-state index contributed by atoms with van der Waals surface area (Å²) in [7, 11) is 2.96. The quantitative estimate of drug-likeness (QED) is 0.710. The molecule has 0 saturated heterocycles. The molecular weight excluding hydrogens is 252 g/mol. The average molecular weight is 265 g/mol. The summed E-state index contributed by atoms with van der Waals surface area (Å²) in [6, 6.07) is 0. The van der Waals surface area contributed by atoms with E-state index in [9.17, 15) is 9.59 Å². The van der Waals surface area contributed by atoms with Gasteiger partial charge in [0.15, 0.2) is 23.8 Å². The first kappa shape index (κ1) is 13.0. The number of methoxy groups -OCH3 is 2. The molecule has 0 saturated carbocycles. The van der Waals surface area contributed by atoms with Crippen molar-refractivity contribution in [2.75, 3.05) is 20.8 Å². The normalized spacial score (nSPS) is 21.6. The van der Waals surface area contributed by atoms with E-state index < -0.39 is 18.4 Å². The molecular formula is C12H13N2O5+. The highest BCUT2D eigenvalue weighted by molar-refractivity contribution is 6.15. The molecule has 0 bridgehead atoms. The van der Waals surface area contributed by atoms with Gasteiger partial charge in [-0.2, -0.15) is 4.58 Å². The van der Waals surface area contributed by atoms with Crippen LogP contribution in [-0.2, 0) is 19.1 Å². The topological polar surface area (TPSA) is 88.2 Å². The van der Waals surface area contributed by atoms with Gasteiger partial charge < -0.3 is 14.6 Å². The fourth-order valence-electron chi connectivity index (χ4n) is 1.89. The third-order valence-corrected chi connectivity index (χ3v) is 2.80. The Kier molecular flexibility index (Phi) is 3.46. The third kappa shape index (κ3) is 2.40. The molecule has 1 aliphatic heterocycles. The highest BCUT2D eigenvalue weighted by atomic mass is 16.5. The number of fused-ring (bicyclic) bond motifs is 1. The number of carboxylic acids is 1. The summed E-state index contributed by atoms with van der Waals surface area (Å²) in [5, 5.41) is 8.72. The van der Waals surface area contributed by atoms with Crippen LogP contribution >= 0.6 is 0 Å². The summed E-state index contributed by atoms with van der Waals surface area (Å²) in [6.45, 7) is -0.414. The fraction of sp³-hybridized carbons (Fsp3) is 0.333. The first-order valence-electron chi connectivity index (χ1n) is 5.52. The zero-order chi connectivity index (χ0) is 14.0. The Morgan fingerprint density at radius 1 is 1.42 bits per heavy atom. The maximum absolute atomic E-state index is 12.1. The minimum Gasteiger partial charge on any atom is -0.493 e. The van der Waals surface area contributed by atoms with Gasteiger partial charge in [-0.05, 0) is 6.08 Å². The largest absolute Gasteiger partial charge is 0.493 e. The summed E-state index contributed by atoms with van der Waals surface area (Å²) >= 11 is 0. The van der Waals surface area contributed by atoms with Gasteiger partial charge in [0.2, 0.25) is 0 Å². The second-order valence-electron chi connectivity index (χ2n) is 3.95. The first-order chi connectivity index (χ1) is 9.06. The van der Waals surface area contributed by atoms with Crippen molar-refractivity contribution in [2.45, 2.75) is 0 Å². The Labute approximate surface area is 109 Å². The monoisotopic (exact) mass is 265 g/mol. The van der Waals surface area contributed by atoms with Crippen molar-refractivity contribution in [1.82, 2.24) is 0 Å². The van der Waals surface area contributed by atoms with Gasteiger partial charge in [-0.15, -0.1) is 0 Å². The fourth-order valence-corrected chi connectivity index (χ4v) is 1.89. The van der Waals surface area contributed by atoms with Crippen molar-refractivity contribution in [1.29, 1.82) is 0 Å². The zero-order valence-electron chi connectivity index (χ0n) is 10.5. The molecule has 7 heteroatoms. The van der Waals surface area contributed by atoms with Crippen LogP contribution in [0.1, 0.15) is 0 Å². The molecule has 0 spiro atoms. The predicted molar refractivity (Wildman–Crippen MR) is 64.9 cm³/mol. The number of nitrogens with zero attached hydrogens (tertiary/aromatic N) is 2. The number of carbonyl (C=O) groups excluding carboxylic acids is 1. The van der Waals surface area contributed by atoms with Crippen molar-refractivity contribution < 1.29 is 28.7 Å². The molecule has 1 aliphatic carbocycles. The predicted octanol–water partition coefficient (Wildman–Crippen LogP) is -0.217. The Bertz CT molecular complexity index is 556. The second-order valence-corrected chi connectivity index (χ2v) is 3.95. The van der Waals surface area contributed by atoms with E-state index >= 15 is 0 Å². The smallest absolute Gasteiger partial charge is 0.346 e. The van der Waals surface area contributed by atoms with Crippen molar-refractivity contribution in [3.05, 3.63) is 23.7 Å². The van der Waals surface area contributed by atoms with E-state index in [2.05, 4.69) is 4.99 Å². The molecule has 19 heavy (non-hydrogen) atoms. The molecule has 0 aromatic rings. The SMILES string of the molecule is COC1=CC2=NC=[N+](CC(=O)O)C(=O)C2C=C1OC. The summed E-state index contributed by atoms with van der Waals surface area (Å²) in [4.78, 5) is 26.9. The van der Waals surface area contributed by atoms with Crippen molar-refractivity contribution in [3.8, 4) is 0 Å². The molecule has 1 atom stereocenters. The van der Waals surface area contributed by atoms with Gasteiger partial charge in [0.1, 0.15) is 5.92 Å². The first-order valence-corrected chi connectivity index (χ1v) is 5.52. The standard InChI is InChI=1S/C12H12N2O5/c1-18-9-3-7-8(4-10(9)19-2)13-6-14(12(7)17)5-11(15)16/h3-4,6-7H,5H2,1-2H3/p+1. The van der Waals surface area contributed by atoms with Crippen LogP contribution in [-0.4, -0.2) is 54.4 Å². The molecule has 7 nitrogen and oxygen atoms in total. The van der Waals surface area contributed by atoms with E-state index in [1.807, 2.05) is 0 Å². The van der Waals surface area contributed by atoms with Crippen LogP contribution in [0.2, 0.25) is 0 Å². The number of rotatable bonds is 4. The number of hydrogen-bond acceptors (Lipinski definition) is 5. The van der Waals surface area contributed by atoms with Crippen LogP contribution in [0.5, 0.6) is 0 Å². The van der Waals surface area contributed by atoms with E-state index in [0.29, 0.717) is 17.2 Å². The molecule has 1 unspecified atom stereocenters. The molecule has 0 radical (unpaired) electrons. The lowest BCUT2D eigenvalue weighted by Crippen LogP contribution is -2.39. The van der Waals surface area contributed by atoms with Gasteiger partial charge in [-0.25, -0.2) is 9.59 Å². The van der Waals surface area contributed by atoms with E-state index in [0.717, 1.165) is 4.58 Å². The van der Waals surface area contributed by atoms with Crippen molar-refractivity contribution >= 4 is 23.9 Å². The average Bonchev–Trinajstić information content (AvgIpc) is 2.40. The zero-order valence-corrected chi connectivity index (χ0v) is 10.5. The number of aliphatic carboxylic acids is 1. The molecule has 0 aromatic heterocycles. The van der Waals surface area contributed by atoms with Crippen LogP contribution in [0, 0.1) is 5.92 Å². The number of carboxylic acid groups (broad SMARTS) is 1. The van der Waals surface area contributed by atoms with Gasteiger partial charge in [-0.3, -0.25) is 0 Å². The van der Waals surface area contributed by atoms with Crippen LogP contribution in [0.4, 0.5) is 0 Å². The van der Waals surface area contributed by atoms with Crippen molar-refractivity contribution in [3.63, 3.8) is 0 Å². The summed E-state index contributed by atoms with van der Waals surface area (Å²) in [5.74, 6) is -1.18. The lowest BCUT2D eigenvalue weighted by atomic mass is 9.94. The van der Waals surface area contributed by atoms with Gasteiger partial charge >= 0.3 is 11.9 Å². The van der Waals surface area contributed by atoms with Gasteiger partial charge in [0.25, 0.3) is 6.34 Å². The van der Waals surface area contributed by atoms with E-state index in [1.54, 1.807) is 12.2 Å². The lowest BCUT2D eigenvalue weighted by Gasteiger charge is -2.19. The molecule has 0 fully saturated rings. The van der Waals surface area contributed by atoms with Crippen LogP contribution in [0.25, 0.3) is 0 Å². The van der Waals surface area contributed by atoms with Crippen LogP contribution in [0.15, 0.2) is 28.7 Å². The second kappa shape index (κ2) is 5.05. The minimum atomic E-state index is -1.09. The summed E-state index contributed by atoms with van der Waals surface area (Å²) in [6.07, 6.45) is 4.40. The number of allylic oxidation sites excluding steroid dienone is 1. The number of hydrogen-bond donors (Lipinski definition) is 1. The van der Waals surface area contributed by atoms with E-state index in [4.69, 9.17) is 14.6 Å². The molecule has 2 rings (SSSR count). The molecule has 1 heterocycles. The highest BCUT2D eigenvalue weighted by Gasteiger charge is 2.38. The van der Waals surface area contributed by atoms with Gasteiger partial charge in [0.05, 0.1) is 14.2 Å². The Balaban J connectivity index is 2.37. The van der Waals surface area contributed by atoms with Crippen LogP contribution < -0.4 is 0 Å². The molecule has 100 valence electrons. The molecule has 2 aliphatic rings. The van der Waals surface area contributed by atoms with Gasteiger partial charge in [0, 0.05) is 6.08 Å². The maximum atomic E-state index is 12.1. The maximum Gasteiger partial charge on any atom is 0.346 e. The third-order valence-electron chi connectivity index (χ3n) is 2.80. The number of carbonyl (C=O) groups is 2. The minimum absolute atomic E-state index is 0.353. The summed E-state index contributed by atoms with van der Waals surface area (Å²) < 4.78 is 11.3. The van der Waals surface area contributed by atoms with E-state index in [-0.39, 0.29) is 5.91 Å². The van der Waals surface area contributed by atoms with Crippen LogP contribution in [0.3, 0.4) is 0 Å². The number of amides is 1. The van der Waals surface area contributed by atoms with Gasteiger partial charge in [-0.1, -0.05) is 4.99 Å². The number of aliphatic imine (C=N–C) groups is 1. The Morgan fingerprint density at radius 2 is 2.11 bits per heavy atom. The molecule has 1 amide bonds. The molecule has 1 N–H and O–H groups in total. The Hall–Kier alpha value is -2.44. The molecule has 0 aromatic carbocycles. The summed E-state index contributed by atoms with van der Waals surface area (Å²) in [5.41, 5.74) is 0.504. The number of ether oxygens (including phenoxy) is 2. The lowest BCUT2D eigenvalue weighted by molar-refractivity contribution is -0.439. The van der Waals surface area contributed by atoms with E-state index in [1.165, 1.54) is 20.6 Å².